The molecule has 10 heteroatoms. The molecular weight excluding hydrogens is 529 g/mol. The molecule has 2 amide bonds. The van der Waals surface area contributed by atoms with E-state index in [9.17, 15) is 9.59 Å². The highest BCUT2D eigenvalue weighted by molar-refractivity contribution is 7.99. The van der Waals surface area contributed by atoms with Crippen LogP contribution in [0.5, 0.6) is 0 Å². The molecule has 3 rings (SSSR count). The molecule has 2 N–H and O–H groups in total. The Hall–Kier alpha value is -2.55. The van der Waals surface area contributed by atoms with E-state index in [0.29, 0.717) is 40.5 Å². The van der Waals surface area contributed by atoms with Crippen LogP contribution < -0.4 is 10.6 Å². The molecule has 0 unspecified atom stereocenters. The number of thioether (sulfide) groups is 1. The largest absolute Gasteiger partial charge is 0.342 e. The summed E-state index contributed by atoms with van der Waals surface area (Å²) in [7, 11) is 0. The number of para-hydroxylation sites is 1. The molecule has 0 aliphatic rings. The zero-order valence-electron chi connectivity index (χ0n) is 21.7. The number of anilines is 1. The van der Waals surface area contributed by atoms with Gasteiger partial charge in [-0.3, -0.25) is 9.59 Å². The highest BCUT2D eigenvalue weighted by Gasteiger charge is 2.25. The van der Waals surface area contributed by atoms with Crippen molar-refractivity contribution < 1.29 is 9.59 Å². The van der Waals surface area contributed by atoms with Crippen LogP contribution in [0.4, 0.5) is 5.69 Å². The lowest BCUT2D eigenvalue weighted by molar-refractivity contribution is -0.113. The molecular formula is C27H33Cl2N5O2S. The average molecular weight is 563 g/mol. The van der Waals surface area contributed by atoms with Crippen LogP contribution >= 0.6 is 35.0 Å². The summed E-state index contributed by atoms with van der Waals surface area (Å²) in [5, 5.41) is 16.2. The number of hydrogen-bond acceptors (Lipinski definition) is 5. The summed E-state index contributed by atoms with van der Waals surface area (Å²) in [5.41, 5.74) is 2.25. The number of aromatic nitrogens is 3. The summed E-state index contributed by atoms with van der Waals surface area (Å²) in [5.74, 6) is 0.987. The van der Waals surface area contributed by atoms with Crippen molar-refractivity contribution in [1.82, 2.24) is 20.1 Å². The third-order valence-electron chi connectivity index (χ3n) is 5.75. The van der Waals surface area contributed by atoms with E-state index in [1.807, 2.05) is 35.8 Å². The van der Waals surface area contributed by atoms with Gasteiger partial charge in [-0.15, -0.1) is 10.2 Å². The van der Waals surface area contributed by atoms with Crippen molar-refractivity contribution in [2.45, 2.75) is 64.7 Å². The summed E-state index contributed by atoms with van der Waals surface area (Å²) >= 11 is 13.6. The Kier molecular flexibility index (Phi) is 10.4. The first-order chi connectivity index (χ1) is 17.6. The molecule has 0 spiro atoms. The van der Waals surface area contributed by atoms with Crippen molar-refractivity contribution in [1.29, 1.82) is 0 Å². The number of nitrogens with one attached hydrogen (secondary N) is 2. The smallest absolute Gasteiger partial charge is 0.253 e. The molecule has 1 atom stereocenters. The fraction of sp³-hybridized carbons (Fsp3) is 0.407. The summed E-state index contributed by atoms with van der Waals surface area (Å²) in [6.45, 7) is 10.9. The maximum Gasteiger partial charge on any atom is 0.253 e. The van der Waals surface area contributed by atoms with Gasteiger partial charge in [0.25, 0.3) is 5.91 Å². The van der Waals surface area contributed by atoms with Crippen LogP contribution in [0, 0.1) is 5.92 Å². The number of hydrogen-bond donors (Lipinski definition) is 2. The second kappa shape index (κ2) is 13.3. The zero-order chi connectivity index (χ0) is 27.1. The van der Waals surface area contributed by atoms with E-state index in [4.69, 9.17) is 23.2 Å². The number of benzene rings is 2. The third-order valence-corrected chi connectivity index (χ3v) is 7.27. The van der Waals surface area contributed by atoms with E-state index in [0.717, 1.165) is 11.3 Å². The molecule has 0 bridgehead atoms. The Balaban J connectivity index is 1.75. The van der Waals surface area contributed by atoms with Crippen LogP contribution in [-0.4, -0.2) is 32.3 Å². The lowest BCUT2D eigenvalue weighted by Crippen LogP contribution is -2.32. The van der Waals surface area contributed by atoms with Gasteiger partial charge < -0.3 is 15.2 Å². The van der Waals surface area contributed by atoms with Crippen molar-refractivity contribution in [3.8, 4) is 0 Å². The second-order valence-electron chi connectivity index (χ2n) is 9.44. The fourth-order valence-corrected chi connectivity index (χ4v) is 5.31. The number of halogens is 2. The van der Waals surface area contributed by atoms with Crippen molar-refractivity contribution in [2.24, 2.45) is 5.92 Å². The topological polar surface area (TPSA) is 88.9 Å². The van der Waals surface area contributed by atoms with Gasteiger partial charge in [0.1, 0.15) is 0 Å². The van der Waals surface area contributed by atoms with Gasteiger partial charge in [-0.05, 0) is 55.0 Å². The highest BCUT2D eigenvalue weighted by Crippen LogP contribution is 2.28. The standard InChI is InChI=1S/C27H33Cl2N5O2S/c1-6-34-25(23(13-16(2)3)31-26(36)20-12-11-18(28)14-21(20)29)32-33-27(34)37-15-24(35)30-22-10-8-7-9-19(22)17(4)5/h7-12,14,16-17,23H,6,13,15H2,1-5H3,(H,30,35)(H,31,36)/t23-/m1/s1. The Morgan fingerprint density at radius 3 is 2.43 bits per heavy atom. The first kappa shape index (κ1) is 29.0. The van der Waals surface area contributed by atoms with E-state index >= 15 is 0 Å². The van der Waals surface area contributed by atoms with Gasteiger partial charge in [-0.25, -0.2) is 0 Å². The quantitative estimate of drug-likeness (QED) is 0.246. The molecule has 0 fully saturated rings. The lowest BCUT2D eigenvalue weighted by atomic mass is 10.0. The maximum absolute atomic E-state index is 13.1. The third kappa shape index (κ3) is 7.72. The molecule has 3 aromatic rings. The van der Waals surface area contributed by atoms with E-state index in [1.54, 1.807) is 18.2 Å². The minimum Gasteiger partial charge on any atom is -0.342 e. The molecule has 0 radical (unpaired) electrons. The number of carbonyl (C=O) groups excluding carboxylic acids is 2. The normalized spacial score (nSPS) is 12.1. The van der Waals surface area contributed by atoms with Gasteiger partial charge in [0.15, 0.2) is 11.0 Å². The minimum atomic E-state index is -0.382. The van der Waals surface area contributed by atoms with Crippen LogP contribution in [0.1, 0.15) is 74.7 Å². The molecule has 1 heterocycles. The molecule has 37 heavy (non-hydrogen) atoms. The predicted octanol–water partition coefficient (Wildman–Crippen LogP) is 6.98. The molecule has 0 saturated carbocycles. The number of nitrogens with zero attached hydrogens (tertiary/aromatic N) is 3. The number of amides is 2. The van der Waals surface area contributed by atoms with E-state index < -0.39 is 0 Å². The van der Waals surface area contributed by atoms with Crippen LogP contribution in [0.15, 0.2) is 47.6 Å². The molecule has 198 valence electrons. The first-order valence-electron chi connectivity index (χ1n) is 12.3. The van der Waals surface area contributed by atoms with Gasteiger partial charge in [-0.1, -0.05) is 80.9 Å². The van der Waals surface area contributed by atoms with Crippen LogP contribution in [-0.2, 0) is 11.3 Å². The Bertz CT molecular complexity index is 1250. The fourth-order valence-electron chi connectivity index (χ4n) is 4.00. The van der Waals surface area contributed by atoms with Gasteiger partial charge in [0.05, 0.1) is 22.4 Å². The Morgan fingerprint density at radius 2 is 1.78 bits per heavy atom. The first-order valence-corrected chi connectivity index (χ1v) is 14.0. The van der Waals surface area contributed by atoms with Gasteiger partial charge >= 0.3 is 0 Å². The number of rotatable bonds is 11. The SMILES string of the molecule is CCn1c(SCC(=O)Nc2ccccc2C(C)C)nnc1[C@@H](CC(C)C)NC(=O)c1ccc(Cl)cc1Cl. The molecule has 1 aromatic heterocycles. The minimum absolute atomic E-state index is 0.116. The van der Waals surface area contributed by atoms with Crippen LogP contribution in [0.2, 0.25) is 10.0 Å². The second-order valence-corrected chi connectivity index (χ2v) is 11.2. The highest BCUT2D eigenvalue weighted by atomic mass is 35.5. The van der Waals surface area contributed by atoms with Gasteiger partial charge in [-0.2, -0.15) is 0 Å². The summed E-state index contributed by atoms with van der Waals surface area (Å²) in [6.07, 6.45) is 0.659. The Morgan fingerprint density at radius 1 is 1.05 bits per heavy atom. The molecule has 0 aliphatic carbocycles. The zero-order valence-corrected chi connectivity index (χ0v) is 24.0. The Labute approximate surface area is 232 Å². The van der Waals surface area contributed by atoms with E-state index in [2.05, 4.69) is 48.5 Å². The molecule has 0 saturated heterocycles. The van der Waals surface area contributed by atoms with E-state index in [1.165, 1.54) is 11.8 Å². The van der Waals surface area contributed by atoms with Crippen molar-refractivity contribution in [3.05, 3.63) is 69.5 Å². The van der Waals surface area contributed by atoms with Crippen molar-refractivity contribution >= 4 is 52.5 Å². The predicted molar refractivity (Wildman–Crippen MR) is 152 cm³/mol. The average Bonchev–Trinajstić information content (AvgIpc) is 3.25. The van der Waals surface area contributed by atoms with Crippen molar-refractivity contribution in [3.63, 3.8) is 0 Å². The number of carbonyl (C=O) groups is 2. The molecule has 0 aliphatic heterocycles. The van der Waals surface area contributed by atoms with Gasteiger partial charge in [0, 0.05) is 17.3 Å². The molecule has 7 nitrogen and oxygen atoms in total. The van der Waals surface area contributed by atoms with Crippen LogP contribution in [0.25, 0.3) is 0 Å². The van der Waals surface area contributed by atoms with Gasteiger partial charge in [0.2, 0.25) is 5.91 Å². The van der Waals surface area contributed by atoms with E-state index in [-0.39, 0.29) is 34.5 Å². The summed E-state index contributed by atoms with van der Waals surface area (Å²) in [4.78, 5) is 25.8. The van der Waals surface area contributed by atoms with Crippen molar-refractivity contribution in [2.75, 3.05) is 11.1 Å². The summed E-state index contributed by atoms with van der Waals surface area (Å²) < 4.78 is 1.94. The monoisotopic (exact) mass is 561 g/mol. The molecule has 2 aromatic carbocycles. The lowest BCUT2D eigenvalue weighted by Gasteiger charge is -2.21. The maximum atomic E-state index is 13.1. The summed E-state index contributed by atoms with van der Waals surface area (Å²) in [6, 6.07) is 12.2. The van der Waals surface area contributed by atoms with Crippen LogP contribution in [0.3, 0.4) is 0 Å².